The first-order valence-corrected chi connectivity index (χ1v) is 8.18. The Kier molecular flexibility index (Phi) is 5.42. The molecule has 0 aromatic heterocycles. The molecule has 1 aromatic rings. The summed E-state index contributed by atoms with van der Waals surface area (Å²) in [6, 6.07) is 7.36. The molecule has 0 heterocycles. The van der Waals surface area contributed by atoms with Gasteiger partial charge in [0.1, 0.15) is 0 Å². The van der Waals surface area contributed by atoms with Crippen molar-refractivity contribution in [1.29, 1.82) is 0 Å². The third-order valence-electron chi connectivity index (χ3n) is 4.62. The first-order chi connectivity index (χ1) is 10.8. The van der Waals surface area contributed by atoms with Crippen molar-refractivity contribution in [2.45, 2.75) is 44.7 Å². The second-order valence-corrected chi connectivity index (χ2v) is 6.92. The summed E-state index contributed by atoms with van der Waals surface area (Å²) in [7, 11) is 3.45. The minimum Gasteiger partial charge on any atom is -0.352 e. The molecule has 1 aliphatic rings. The summed E-state index contributed by atoms with van der Waals surface area (Å²) < 4.78 is 0. The second kappa shape index (κ2) is 7.13. The average molecular weight is 317 g/mol. The van der Waals surface area contributed by atoms with Gasteiger partial charge in [0.05, 0.1) is 5.92 Å². The van der Waals surface area contributed by atoms with Crippen LogP contribution in [0.4, 0.5) is 0 Å². The lowest BCUT2D eigenvalue weighted by Crippen LogP contribution is -2.52. The van der Waals surface area contributed by atoms with Gasteiger partial charge < -0.3 is 16.0 Å². The molecule has 5 nitrogen and oxygen atoms in total. The zero-order valence-corrected chi connectivity index (χ0v) is 14.3. The lowest BCUT2D eigenvalue weighted by atomic mass is 9.74. The van der Waals surface area contributed by atoms with E-state index < -0.39 is 5.54 Å². The molecule has 0 saturated heterocycles. The first kappa shape index (κ1) is 17.5. The van der Waals surface area contributed by atoms with Crippen LogP contribution in [-0.2, 0) is 11.3 Å². The van der Waals surface area contributed by atoms with Crippen LogP contribution in [0.1, 0.15) is 48.5 Å². The Balaban J connectivity index is 1.99. The Morgan fingerprint density at radius 3 is 2.74 bits per heavy atom. The molecule has 0 bridgehead atoms. The van der Waals surface area contributed by atoms with Crippen molar-refractivity contribution in [1.82, 2.24) is 10.2 Å². The Labute approximate surface area is 138 Å². The third-order valence-corrected chi connectivity index (χ3v) is 4.62. The molecule has 2 unspecified atom stereocenters. The maximum atomic E-state index is 12.4. The fourth-order valence-electron chi connectivity index (χ4n) is 3.17. The number of benzene rings is 1. The molecule has 5 heteroatoms. The summed E-state index contributed by atoms with van der Waals surface area (Å²) in [5.41, 5.74) is 7.40. The van der Waals surface area contributed by atoms with Gasteiger partial charge in [-0.2, -0.15) is 0 Å². The Hall–Kier alpha value is -1.88. The Bertz CT molecular complexity index is 581. The highest BCUT2D eigenvalue weighted by molar-refractivity contribution is 5.94. The Morgan fingerprint density at radius 1 is 1.35 bits per heavy atom. The molecule has 1 saturated carbocycles. The van der Waals surface area contributed by atoms with Crippen molar-refractivity contribution >= 4 is 11.8 Å². The third kappa shape index (κ3) is 4.32. The first-order valence-electron chi connectivity index (χ1n) is 8.18. The minimum atomic E-state index is -0.426. The molecule has 0 aliphatic heterocycles. The number of nitrogens with zero attached hydrogens (tertiary/aromatic N) is 1. The van der Waals surface area contributed by atoms with Crippen LogP contribution in [0.15, 0.2) is 24.3 Å². The van der Waals surface area contributed by atoms with Crippen LogP contribution in [0.2, 0.25) is 0 Å². The molecule has 2 rings (SSSR count). The molecular weight excluding hydrogens is 290 g/mol. The van der Waals surface area contributed by atoms with Gasteiger partial charge in [0.15, 0.2) is 0 Å². The van der Waals surface area contributed by atoms with Crippen molar-refractivity contribution in [3.05, 3.63) is 35.4 Å². The van der Waals surface area contributed by atoms with Crippen molar-refractivity contribution < 1.29 is 9.59 Å². The molecule has 0 radical (unpaired) electrons. The van der Waals surface area contributed by atoms with Crippen LogP contribution in [0, 0.1) is 5.92 Å². The minimum absolute atomic E-state index is 0.0130. The fourth-order valence-corrected chi connectivity index (χ4v) is 3.17. The lowest BCUT2D eigenvalue weighted by molar-refractivity contribution is -0.128. The summed E-state index contributed by atoms with van der Waals surface area (Å²) in [6.07, 6.45) is 3.87. The predicted molar refractivity (Wildman–Crippen MR) is 90.9 cm³/mol. The maximum absolute atomic E-state index is 12.4. The topological polar surface area (TPSA) is 75.4 Å². The number of hydrogen-bond donors (Lipinski definition) is 2. The molecule has 0 spiro atoms. The van der Waals surface area contributed by atoms with Crippen LogP contribution in [0.25, 0.3) is 0 Å². The van der Waals surface area contributed by atoms with E-state index in [1.165, 1.54) is 0 Å². The summed E-state index contributed by atoms with van der Waals surface area (Å²) >= 11 is 0. The molecule has 1 aliphatic carbocycles. The molecule has 2 amide bonds. The monoisotopic (exact) mass is 317 g/mol. The Morgan fingerprint density at radius 2 is 2.09 bits per heavy atom. The van der Waals surface area contributed by atoms with Gasteiger partial charge in [-0.25, -0.2) is 0 Å². The van der Waals surface area contributed by atoms with Gasteiger partial charge in [-0.05, 0) is 37.5 Å². The normalized spacial score (nSPS) is 24.1. The van der Waals surface area contributed by atoms with E-state index in [9.17, 15) is 9.59 Å². The van der Waals surface area contributed by atoms with Crippen molar-refractivity contribution in [3.8, 4) is 0 Å². The van der Waals surface area contributed by atoms with E-state index in [-0.39, 0.29) is 17.7 Å². The highest BCUT2D eigenvalue weighted by Gasteiger charge is 2.37. The van der Waals surface area contributed by atoms with Gasteiger partial charge in [0.2, 0.25) is 5.91 Å². The molecule has 126 valence electrons. The largest absolute Gasteiger partial charge is 0.352 e. The lowest BCUT2D eigenvalue weighted by Gasteiger charge is -2.37. The SMILES string of the molecule is CN(C)C(=O)c1cccc(CNC(=O)C2CCCCC2(C)N)c1. The van der Waals surface area contributed by atoms with Gasteiger partial charge in [0.25, 0.3) is 5.91 Å². The van der Waals surface area contributed by atoms with Crippen molar-refractivity contribution in [2.24, 2.45) is 11.7 Å². The van der Waals surface area contributed by atoms with Crippen LogP contribution in [0.5, 0.6) is 0 Å². The highest BCUT2D eigenvalue weighted by atomic mass is 16.2. The molecular formula is C18H27N3O2. The predicted octanol–water partition coefficient (Wildman–Crippen LogP) is 1.91. The van der Waals surface area contributed by atoms with E-state index in [0.29, 0.717) is 12.1 Å². The fraction of sp³-hybridized carbons (Fsp3) is 0.556. The number of nitrogens with one attached hydrogen (secondary N) is 1. The van der Waals surface area contributed by atoms with E-state index >= 15 is 0 Å². The van der Waals surface area contributed by atoms with Crippen LogP contribution < -0.4 is 11.1 Å². The quantitative estimate of drug-likeness (QED) is 0.891. The summed E-state index contributed by atoms with van der Waals surface area (Å²) in [6.45, 7) is 2.38. The van der Waals surface area contributed by atoms with Crippen LogP contribution in [-0.4, -0.2) is 36.3 Å². The van der Waals surface area contributed by atoms with E-state index in [0.717, 1.165) is 31.2 Å². The standard InChI is InChI=1S/C18H27N3O2/c1-18(19)10-5-4-9-15(18)16(22)20-12-13-7-6-8-14(11-13)17(23)21(2)3/h6-8,11,15H,4-5,9-10,12,19H2,1-3H3,(H,20,22). The van der Waals surface area contributed by atoms with Gasteiger partial charge in [-0.15, -0.1) is 0 Å². The molecule has 23 heavy (non-hydrogen) atoms. The molecule has 2 atom stereocenters. The van der Waals surface area contributed by atoms with Gasteiger partial charge in [-0.3, -0.25) is 9.59 Å². The van der Waals surface area contributed by atoms with Gasteiger partial charge >= 0.3 is 0 Å². The van der Waals surface area contributed by atoms with Crippen LogP contribution >= 0.6 is 0 Å². The number of hydrogen-bond acceptors (Lipinski definition) is 3. The van der Waals surface area contributed by atoms with E-state index in [2.05, 4.69) is 5.32 Å². The zero-order valence-electron chi connectivity index (χ0n) is 14.3. The van der Waals surface area contributed by atoms with Crippen LogP contribution in [0.3, 0.4) is 0 Å². The number of carbonyl (C=O) groups is 2. The molecule has 1 aromatic carbocycles. The van der Waals surface area contributed by atoms with E-state index in [1.807, 2.05) is 25.1 Å². The van der Waals surface area contributed by atoms with Crippen molar-refractivity contribution in [3.63, 3.8) is 0 Å². The van der Waals surface area contributed by atoms with E-state index in [4.69, 9.17) is 5.73 Å². The number of rotatable bonds is 4. The zero-order chi connectivity index (χ0) is 17.0. The van der Waals surface area contributed by atoms with Gasteiger partial charge in [-0.1, -0.05) is 25.0 Å². The summed E-state index contributed by atoms with van der Waals surface area (Å²) in [4.78, 5) is 26.0. The summed E-state index contributed by atoms with van der Waals surface area (Å²) in [5.74, 6) is -0.165. The summed E-state index contributed by atoms with van der Waals surface area (Å²) in [5, 5.41) is 2.98. The average Bonchev–Trinajstić information content (AvgIpc) is 2.51. The number of nitrogens with two attached hydrogens (primary N) is 1. The second-order valence-electron chi connectivity index (χ2n) is 6.92. The number of amides is 2. The van der Waals surface area contributed by atoms with Crippen molar-refractivity contribution in [2.75, 3.05) is 14.1 Å². The van der Waals surface area contributed by atoms with E-state index in [1.54, 1.807) is 25.1 Å². The smallest absolute Gasteiger partial charge is 0.253 e. The maximum Gasteiger partial charge on any atom is 0.253 e. The number of carbonyl (C=O) groups excluding carboxylic acids is 2. The molecule has 1 fully saturated rings. The highest BCUT2D eigenvalue weighted by Crippen LogP contribution is 2.31. The van der Waals surface area contributed by atoms with Gasteiger partial charge in [0, 0.05) is 31.7 Å². The molecule has 3 N–H and O–H groups in total.